The van der Waals surface area contributed by atoms with Gasteiger partial charge in [0.25, 0.3) is 3.68 Å². The highest BCUT2D eigenvalue weighted by molar-refractivity contribution is 14.2. The summed E-state index contributed by atoms with van der Waals surface area (Å²) in [6.45, 7) is 0.387. The molecule has 0 aliphatic rings. The normalized spacial score (nSPS) is 21.2. The highest BCUT2D eigenvalue weighted by Crippen LogP contribution is 2.59. The van der Waals surface area contributed by atoms with Crippen molar-refractivity contribution >= 4 is 50.5 Å². The lowest BCUT2D eigenvalue weighted by Gasteiger charge is -2.37. The van der Waals surface area contributed by atoms with Crippen molar-refractivity contribution in [2.75, 3.05) is 0 Å². The molecule has 0 fully saturated rings. The van der Waals surface area contributed by atoms with Gasteiger partial charge in [-0.15, -0.1) is 0 Å². The third kappa shape index (κ3) is 2.43. The van der Waals surface area contributed by atoms with Crippen LogP contribution in [0.15, 0.2) is 0 Å². The Kier molecular flexibility index (Phi) is 4.98. The number of halogens is 9. The van der Waals surface area contributed by atoms with Crippen molar-refractivity contribution in [3.63, 3.8) is 0 Å². The monoisotopic (exact) mass is 478 g/mol. The fraction of sp³-hybridized carbons (Fsp3) is 0.714. The second-order valence-electron chi connectivity index (χ2n) is 2.80. The molecule has 0 spiro atoms. The summed E-state index contributed by atoms with van der Waals surface area (Å²) in [5.74, 6) is -5.74. The fourth-order valence-electron chi connectivity index (χ4n) is 0.739. The average molecular weight is 478 g/mol. The quantitative estimate of drug-likeness (QED) is 0.321. The van der Waals surface area contributed by atoms with Gasteiger partial charge in [0.2, 0.25) is 3.68 Å². The first-order valence-corrected chi connectivity index (χ1v) is 8.69. The minimum absolute atomic E-state index is 0.387. The van der Waals surface area contributed by atoms with E-state index in [1.807, 2.05) is 0 Å². The third-order valence-electron chi connectivity index (χ3n) is 1.74. The highest BCUT2D eigenvalue weighted by atomic mass is 127. The molecule has 0 N–H and O–H groups in total. The molecule has 0 rings (SSSR count). The Hall–Kier alpha value is 0.710. The molecule has 0 aromatic carbocycles. The maximum absolute atomic E-state index is 13.7. The summed E-state index contributed by atoms with van der Waals surface area (Å²) in [5.41, 5.74) is 0. The smallest absolute Gasteiger partial charge is 0.228 e. The maximum Gasteiger partial charge on any atom is 0.457 e. The van der Waals surface area contributed by atoms with Crippen molar-refractivity contribution in [2.24, 2.45) is 0 Å². The van der Waals surface area contributed by atoms with Gasteiger partial charge in [0, 0.05) is 0 Å². The van der Waals surface area contributed by atoms with Crippen LogP contribution < -0.4 is 0 Å². The van der Waals surface area contributed by atoms with Crippen LogP contribution in [0.5, 0.6) is 0 Å². The molecule has 0 amide bonds. The summed E-state index contributed by atoms with van der Waals surface area (Å²) in [6, 6.07) is 0. The first kappa shape index (κ1) is 16.7. The van der Waals surface area contributed by atoms with E-state index in [4.69, 9.17) is 0 Å². The molecule has 0 heterocycles. The van der Waals surface area contributed by atoms with E-state index < -0.39 is 60.9 Å². The van der Waals surface area contributed by atoms with Gasteiger partial charge in [0.1, 0.15) is 0 Å². The second kappa shape index (κ2) is 4.76. The summed E-state index contributed by atoms with van der Waals surface area (Å²) in [4.78, 5) is 0. The average Bonchev–Trinajstić information content (AvgIpc) is 2.14. The molecule has 0 bridgehead atoms. The molecule has 2 unspecified atom stereocenters. The minimum atomic E-state index is -6.13. The molecule has 0 saturated heterocycles. The van der Waals surface area contributed by atoms with Crippen LogP contribution >= 0.6 is 41.5 Å². The summed E-state index contributed by atoms with van der Waals surface area (Å²) in [6.07, 6.45) is -6.13. The Bertz CT molecular complexity index is 296. The Morgan fingerprint density at radius 1 is 0.812 bits per heavy atom. The van der Waals surface area contributed by atoms with E-state index in [0.717, 1.165) is 0 Å². The van der Waals surface area contributed by atoms with Gasteiger partial charge in [0.15, 0.2) is 0 Å². The number of hydrogen-bond acceptors (Lipinski definition) is 0. The predicted molar refractivity (Wildman–Crippen MR) is 66.6 cm³/mol. The zero-order valence-corrected chi connectivity index (χ0v) is 12.1. The Balaban J connectivity index is 5.79. The number of alkyl halides is 9. The van der Waals surface area contributed by atoms with Crippen LogP contribution in [-0.4, -0.2) is 28.5 Å². The summed E-state index contributed by atoms with van der Waals surface area (Å²) < 4.78 is 87.2. The standard InChI is InChI=1S/C7H7F7I2/c1-4(8,15-2)6(11,16-3)5(9,10)7(12,13)14/h2-3H2,1H3. The van der Waals surface area contributed by atoms with E-state index in [1.165, 1.54) is 0 Å². The van der Waals surface area contributed by atoms with Gasteiger partial charge in [-0.2, -0.15) is 22.0 Å². The molecule has 0 aromatic rings. The molecule has 2 atom stereocenters. The summed E-state index contributed by atoms with van der Waals surface area (Å²) in [7, 11) is 0. The van der Waals surface area contributed by atoms with Crippen LogP contribution in [-0.2, 0) is 0 Å². The Morgan fingerprint density at radius 3 is 1.38 bits per heavy atom. The van der Waals surface area contributed by atoms with Crippen molar-refractivity contribution in [1.82, 2.24) is 0 Å². The molecule has 0 radical (unpaired) electrons. The van der Waals surface area contributed by atoms with Gasteiger partial charge in [0.05, 0.1) is 0 Å². The zero-order valence-electron chi connectivity index (χ0n) is 7.82. The van der Waals surface area contributed by atoms with Gasteiger partial charge in [-0.1, -0.05) is 50.5 Å². The molecular formula is C7H7F7I2. The summed E-state index contributed by atoms with van der Waals surface area (Å²) >= 11 is -4.60. The molecule has 0 aliphatic carbocycles. The van der Waals surface area contributed by atoms with Crippen LogP contribution in [0, 0.1) is 0 Å². The minimum Gasteiger partial charge on any atom is -0.228 e. The van der Waals surface area contributed by atoms with Crippen LogP contribution in [0.1, 0.15) is 6.92 Å². The van der Waals surface area contributed by atoms with Crippen LogP contribution in [0.3, 0.4) is 0 Å². The zero-order chi connectivity index (χ0) is 13.4. The molecule has 0 aromatic heterocycles. The van der Waals surface area contributed by atoms with Crippen molar-refractivity contribution in [3.05, 3.63) is 0 Å². The van der Waals surface area contributed by atoms with E-state index in [-0.39, 0.29) is 0 Å². The molecule has 98 valence electrons. The summed E-state index contributed by atoms with van der Waals surface area (Å²) in [5, 5.41) is 0. The molecular weight excluding hydrogens is 471 g/mol. The molecule has 9 heteroatoms. The van der Waals surface area contributed by atoms with E-state index in [1.54, 1.807) is 0 Å². The van der Waals surface area contributed by atoms with Crippen molar-refractivity contribution < 1.29 is 30.7 Å². The van der Waals surface area contributed by atoms with Crippen molar-refractivity contribution in [1.29, 1.82) is 0 Å². The fourth-order valence-corrected chi connectivity index (χ4v) is 4.95. The van der Waals surface area contributed by atoms with Gasteiger partial charge in [-0.3, -0.25) is 0 Å². The first-order chi connectivity index (χ1) is 6.87. The van der Waals surface area contributed by atoms with Gasteiger partial charge in [-0.25, -0.2) is 8.78 Å². The SMILES string of the molecule is C=IC(C)(F)C(F)(I=C)C(F)(F)C(F)(F)F. The molecule has 0 aliphatic heterocycles. The lowest BCUT2D eigenvalue weighted by Crippen LogP contribution is -2.58. The molecule has 16 heavy (non-hydrogen) atoms. The Morgan fingerprint density at radius 2 is 1.19 bits per heavy atom. The number of hydrogen-bond donors (Lipinski definition) is 0. The van der Waals surface area contributed by atoms with E-state index in [2.05, 4.69) is 9.03 Å². The largest absolute Gasteiger partial charge is 0.457 e. The molecule has 0 saturated carbocycles. The third-order valence-corrected chi connectivity index (χ3v) is 7.69. The van der Waals surface area contributed by atoms with E-state index in [0.29, 0.717) is 6.92 Å². The topological polar surface area (TPSA) is 0 Å². The maximum atomic E-state index is 13.7. The Labute approximate surface area is 107 Å². The van der Waals surface area contributed by atoms with Gasteiger partial charge < -0.3 is 0 Å². The van der Waals surface area contributed by atoms with E-state index in [9.17, 15) is 30.7 Å². The lowest BCUT2D eigenvalue weighted by molar-refractivity contribution is -0.313. The number of rotatable bonds is 4. The van der Waals surface area contributed by atoms with Crippen LogP contribution in [0.25, 0.3) is 0 Å². The van der Waals surface area contributed by atoms with Crippen molar-refractivity contribution in [2.45, 2.75) is 26.4 Å². The van der Waals surface area contributed by atoms with Gasteiger partial charge >= 0.3 is 12.1 Å². The lowest BCUT2D eigenvalue weighted by atomic mass is 10.1. The van der Waals surface area contributed by atoms with Crippen LogP contribution in [0.2, 0.25) is 0 Å². The molecule has 0 nitrogen and oxygen atoms in total. The van der Waals surface area contributed by atoms with Gasteiger partial charge in [-0.05, 0) is 6.92 Å². The van der Waals surface area contributed by atoms with E-state index >= 15 is 0 Å². The van der Waals surface area contributed by atoms with Crippen molar-refractivity contribution in [3.8, 4) is 0 Å². The predicted octanol–water partition coefficient (Wildman–Crippen LogP) is 4.34. The highest BCUT2D eigenvalue weighted by Gasteiger charge is 2.76. The second-order valence-corrected chi connectivity index (χ2v) is 7.84. The first-order valence-electron chi connectivity index (χ1n) is 3.49. The van der Waals surface area contributed by atoms with Crippen LogP contribution in [0.4, 0.5) is 30.7 Å².